The van der Waals surface area contributed by atoms with Crippen molar-refractivity contribution in [3.05, 3.63) is 35.5 Å². The number of rotatable bonds is 7. The molecule has 2 rings (SSSR count). The zero-order chi connectivity index (χ0) is 21.1. The standard InChI is InChI=1S/C25H40O3/c1-17(2)9-7-12-24(5)13-8-14-25(6)20(11-10-18(3)15-23(27)28)19(4)21(26)16-22(24)25/h9,15,20-22,26H,4,7-8,10-14,16H2,1-3,5-6H3,(H,27,28)/b18-15+. The van der Waals surface area contributed by atoms with Crippen molar-refractivity contribution in [2.45, 2.75) is 92.1 Å². The van der Waals surface area contributed by atoms with E-state index in [0.29, 0.717) is 5.92 Å². The zero-order valence-corrected chi connectivity index (χ0v) is 18.6. The molecular weight excluding hydrogens is 348 g/mol. The van der Waals surface area contributed by atoms with Crippen molar-refractivity contribution >= 4 is 5.97 Å². The second-order valence-corrected chi connectivity index (χ2v) is 10.1. The van der Waals surface area contributed by atoms with Gasteiger partial charge in [0.15, 0.2) is 0 Å². The van der Waals surface area contributed by atoms with Crippen molar-refractivity contribution < 1.29 is 15.0 Å². The molecule has 3 heteroatoms. The van der Waals surface area contributed by atoms with Crippen LogP contribution in [-0.2, 0) is 4.79 Å². The number of carboxylic acids is 1. The Labute approximate surface area is 171 Å². The molecule has 5 atom stereocenters. The smallest absolute Gasteiger partial charge is 0.328 e. The maximum atomic E-state index is 11.0. The summed E-state index contributed by atoms with van der Waals surface area (Å²) in [5, 5.41) is 19.8. The minimum absolute atomic E-state index is 0.137. The van der Waals surface area contributed by atoms with Gasteiger partial charge in [0.1, 0.15) is 0 Å². The van der Waals surface area contributed by atoms with Crippen LogP contribution in [0.15, 0.2) is 35.5 Å². The van der Waals surface area contributed by atoms with Crippen LogP contribution in [0.2, 0.25) is 0 Å². The SMILES string of the molecule is C=C1C(O)CC2C(C)(CCC=C(C)C)CCCC2(C)C1CC/C(C)=C/C(=O)O. The van der Waals surface area contributed by atoms with Gasteiger partial charge in [0.2, 0.25) is 0 Å². The fourth-order valence-electron chi connectivity index (χ4n) is 6.18. The van der Waals surface area contributed by atoms with Crippen LogP contribution in [0.25, 0.3) is 0 Å². The Balaban J connectivity index is 2.26. The fraction of sp³-hybridized carbons (Fsp3) is 0.720. The molecule has 0 heterocycles. The Morgan fingerprint density at radius 1 is 1.25 bits per heavy atom. The second kappa shape index (κ2) is 8.98. The summed E-state index contributed by atoms with van der Waals surface area (Å²) in [5.74, 6) is -0.149. The molecular formula is C25H40O3. The Morgan fingerprint density at radius 2 is 1.93 bits per heavy atom. The van der Waals surface area contributed by atoms with Gasteiger partial charge in [0, 0.05) is 6.08 Å². The van der Waals surface area contributed by atoms with E-state index in [4.69, 9.17) is 5.11 Å². The molecule has 2 N–H and O–H groups in total. The summed E-state index contributed by atoms with van der Waals surface area (Å²) in [6, 6.07) is 0. The largest absolute Gasteiger partial charge is 0.478 e. The van der Waals surface area contributed by atoms with Crippen molar-refractivity contribution in [2.75, 3.05) is 0 Å². The predicted molar refractivity (Wildman–Crippen MR) is 116 cm³/mol. The summed E-state index contributed by atoms with van der Waals surface area (Å²) in [6.45, 7) is 15.3. The molecule has 2 aliphatic carbocycles. The fourth-order valence-corrected chi connectivity index (χ4v) is 6.18. The lowest BCUT2D eigenvalue weighted by Gasteiger charge is -2.60. The van der Waals surface area contributed by atoms with Crippen LogP contribution < -0.4 is 0 Å². The van der Waals surface area contributed by atoms with E-state index in [9.17, 15) is 9.90 Å². The minimum Gasteiger partial charge on any atom is -0.478 e. The first-order valence-electron chi connectivity index (χ1n) is 10.9. The summed E-state index contributed by atoms with van der Waals surface area (Å²) in [7, 11) is 0. The number of carbonyl (C=O) groups is 1. The maximum Gasteiger partial charge on any atom is 0.328 e. The van der Waals surface area contributed by atoms with Crippen LogP contribution in [0.3, 0.4) is 0 Å². The summed E-state index contributed by atoms with van der Waals surface area (Å²) in [5.41, 5.74) is 3.61. The first-order valence-corrected chi connectivity index (χ1v) is 10.9. The summed E-state index contributed by atoms with van der Waals surface area (Å²) in [4.78, 5) is 11.0. The van der Waals surface area contributed by atoms with Gasteiger partial charge in [-0.15, -0.1) is 0 Å². The highest BCUT2D eigenvalue weighted by atomic mass is 16.4. The third-order valence-electron chi connectivity index (χ3n) is 7.70. The molecule has 2 saturated carbocycles. The third-order valence-corrected chi connectivity index (χ3v) is 7.70. The number of aliphatic carboxylic acids is 1. The van der Waals surface area contributed by atoms with E-state index in [1.807, 2.05) is 6.92 Å². The molecule has 2 aliphatic rings. The van der Waals surface area contributed by atoms with Gasteiger partial charge in [-0.3, -0.25) is 0 Å². The van der Waals surface area contributed by atoms with Gasteiger partial charge in [-0.25, -0.2) is 4.79 Å². The molecule has 0 aromatic heterocycles. The van der Waals surface area contributed by atoms with E-state index >= 15 is 0 Å². The van der Waals surface area contributed by atoms with Gasteiger partial charge in [-0.2, -0.15) is 0 Å². The van der Waals surface area contributed by atoms with Crippen molar-refractivity contribution in [1.82, 2.24) is 0 Å². The molecule has 0 saturated heterocycles. The van der Waals surface area contributed by atoms with E-state index in [0.717, 1.165) is 36.8 Å². The molecule has 0 spiro atoms. The molecule has 0 bridgehead atoms. The van der Waals surface area contributed by atoms with Crippen LogP contribution >= 0.6 is 0 Å². The van der Waals surface area contributed by atoms with E-state index in [-0.39, 0.29) is 16.7 Å². The normalized spacial score (nSPS) is 36.0. The van der Waals surface area contributed by atoms with E-state index in [2.05, 4.69) is 40.3 Å². The first-order chi connectivity index (χ1) is 13.0. The Hall–Kier alpha value is -1.35. The number of carboxylic acid groups (broad SMARTS) is 1. The highest BCUT2D eigenvalue weighted by Crippen LogP contribution is 2.63. The minimum atomic E-state index is -0.881. The molecule has 2 fully saturated rings. The molecule has 0 amide bonds. The summed E-state index contributed by atoms with van der Waals surface area (Å²) < 4.78 is 0. The highest BCUT2D eigenvalue weighted by molar-refractivity contribution is 5.80. The molecule has 0 aromatic carbocycles. The molecule has 0 aromatic rings. The van der Waals surface area contributed by atoms with E-state index in [1.54, 1.807) is 0 Å². The molecule has 158 valence electrons. The van der Waals surface area contributed by atoms with E-state index < -0.39 is 12.1 Å². The predicted octanol–water partition coefficient (Wildman–Crippen LogP) is 6.29. The average Bonchev–Trinajstić information content (AvgIpc) is 2.56. The van der Waals surface area contributed by atoms with Gasteiger partial charge < -0.3 is 10.2 Å². The zero-order valence-electron chi connectivity index (χ0n) is 18.6. The molecule has 5 unspecified atom stereocenters. The summed E-state index contributed by atoms with van der Waals surface area (Å²) in [6.07, 6.45) is 11.6. The lowest BCUT2D eigenvalue weighted by molar-refractivity contribution is -0.131. The number of aliphatic hydroxyl groups is 1. The first kappa shape index (κ1) is 22.9. The second-order valence-electron chi connectivity index (χ2n) is 10.1. The van der Waals surface area contributed by atoms with Crippen LogP contribution in [0.1, 0.15) is 86.0 Å². The maximum absolute atomic E-state index is 11.0. The number of fused-ring (bicyclic) bond motifs is 1. The molecule has 3 nitrogen and oxygen atoms in total. The van der Waals surface area contributed by atoms with Crippen molar-refractivity contribution in [3.8, 4) is 0 Å². The molecule has 0 radical (unpaired) electrons. The summed E-state index contributed by atoms with van der Waals surface area (Å²) >= 11 is 0. The quantitative estimate of drug-likeness (QED) is 0.398. The Morgan fingerprint density at radius 3 is 2.54 bits per heavy atom. The number of hydrogen-bond acceptors (Lipinski definition) is 2. The monoisotopic (exact) mass is 388 g/mol. The van der Waals surface area contributed by atoms with Crippen LogP contribution in [-0.4, -0.2) is 22.3 Å². The molecule has 28 heavy (non-hydrogen) atoms. The number of hydrogen-bond donors (Lipinski definition) is 2. The van der Waals surface area contributed by atoms with Gasteiger partial charge in [-0.1, -0.05) is 44.1 Å². The van der Waals surface area contributed by atoms with Crippen LogP contribution in [0.5, 0.6) is 0 Å². The molecule has 0 aliphatic heterocycles. The van der Waals surface area contributed by atoms with Gasteiger partial charge >= 0.3 is 5.97 Å². The van der Waals surface area contributed by atoms with Gasteiger partial charge in [0.05, 0.1) is 6.10 Å². The highest BCUT2D eigenvalue weighted by Gasteiger charge is 2.55. The topological polar surface area (TPSA) is 57.5 Å². The van der Waals surface area contributed by atoms with Crippen LogP contribution in [0.4, 0.5) is 0 Å². The lowest BCUT2D eigenvalue weighted by Crippen LogP contribution is -2.53. The average molecular weight is 389 g/mol. The number of allylic oxidation sites excluding steroid dienone is 3. The lowest BCUT2D eigenvalue weighted by atomic mass is 9.45. The Bertz CT molecular complexity index is 655. The van der Waals surface area contributed by atoms with E-state index in [1.165, 1.54) is 37.3 Å². The number of aliphatic hydroxyl groups excluding tert-OH is 1. The third kappa shape index (κ3) is 4.97. The van der Waals surface area contributed by atoms with Crippen molar-refractivity contribution in [3.63, 3.8) is 0 Å². The van der Waals surface area contributed by atoms with Crippen LogP contribution in [0, 0.1) is 22.7 Å². The van der Waals surface area contributed by atoms with Gasteiger partial charge in [-0.05, 0) is 94.0 Å². The van der Waals surface area contributed by atoms with Gasteiger partial charge in [0.25, 0.3) is 0 Å². The van der Waals surface area contributed by atoms with Crippen molar-refractivity contribution in [1.29, 1.82) is 0 Å². The van der Waals surface area contributed by atoms with Crippen molar-refractivity contribution in [2.24, 2.45) is 22.7 Å². The Kier molecular flexibility index (Phi) is 7.36.